The number of ether oxygens (including phenoxy) is 1. The van der Waals surface area contributed by atoms with E-state index in [4.69, 9.17) is 16.3 Å². The molecule has 128 valence electrons. The van der Waals surface area contributed by atoms with Crippen LogP contribution in [0.3, 0.4) is 0 Å². The minimum Gasteiger partial charge on any atom is -0.494 e. The highest BCUT2D eigenvalue weighted by Crippen LogP contribution is 2.29. The number of methoxy groups -OCH3 is 1. The Kier molecular flexibility index (Phi) is 5.74. The summed E-state index contributed by atoms with van der Waals surface area (Å²) in [6, 6.07) is 9.51. The Hall–Kier alpha value is -1.77. The molecule has 0 spiro atoms. The van der Waals surface area contributed by atoms with Crippen molar-refractivity contribution in [3.05, 3.63) is 51.5 Å². The number of nitrogens with one attached hydrogen (secondary N) is 2. The van der Waals surface area contributed by atoms with Gasteiger partial charge in [-0.15, -0.1) is 0 Å². The van der Waals surface area contributed by atoms with Crippen LogP contribution in [0.15, 0.2) is 40.9 Å². The van der Waals surface area contributed by atoms with Crippen LogP contribution in [0.2, 0.25) is 5.02 Å². The summed E-state index contributed by atoms with van der Waals surface area (Å²) in [7, 11) is -2.04. The van der Waals surface area contributed by atoms with Crippen molar-refractivity contribution < 1.29 is 17.9 Å². The average molecular weight is 434 g/mol. The van der Waals surface area contributed by atoms with Gasteiger partial charge >= 0.3 is 0 Å². The molecule has 0 aromatic heterocycles. The number of carbonyl (C=O) groups excluding carboxylic acids is 1. The Morgan fingerprint density at radius 2 is 1.92 bits per heavy atom. The van der Waals surface area contributed by atoms with Crippen LogP contribution in [0.5, 0.6) is 5.75 Å². The molecular weight excluding hydrogens is 420 g/mol. The molecule has 0 aliphatic heterocycles. The average Bonchev–Trinajstić information content (AvgIpc) is 2.49. The number of benzene rings is 2. The van der Waals surface area contributed by atoms with Gasteiger partial charge in [-0.25, -0.2) is 8.42 Å². The Morgan fingerprint density at radius 1 is 1.21 bits per heavy atom. The molecular formula is C15H14BrClN2O4S. The second-order valence-electron chi connectivity index (χ2n) is 4.87. The van der Waals surface area contributed by atoms with Crippen molar-refractivity contribution in [1.82, 2.24) is 0 Å². The molecule has 0 aliphatic carbocycles. The molecule has 2 aromatic rings. The molecule has 1 amide bonds. The van der Waals surface area contributed by atoms with Crippen LogP contribution in [-0.2, 0) is 10.0 Å². The van der Waals surface area contributed by atoms with E-state index in [9.17, 15) is 13.2 Å². The van der Waals surface area contributed by atoms with E-state index in [1.165, 1.54) is 19.2 Å². The van der Waals surface area contributed by atoms with E-state index in [1.54, 1.807) is 24.3 Å². The van der Waals surface area contributed by atoms with Crippen LogP contribution in [-0.4, -0.2) is 27.7 Å². The van der Waals surface area contributed by atoms with Gasteiger partial charge in [-0.05, 0) is 30.3 Å². The van der Waals surface area contributed by atoms with Crippen LogP contribution in [0, 0.1) is 0 Å². The zero-order valence-corrected chi connectivity index (χ0v) is 15.9. The lowest BCUT2D eigenvalue weighted by molar-refractivity contribution is 0.102. The van der Waals surface area contributed by atoms with E-state index in [0.717, 1.165) is 10.7 Å². The maximum atomic E-state index is 12.3. The van der Waals surface area contributed by atoms with Gasteiger partial charge in [0, 0.05) is 16.2 Å². The Balaban J connectivity index is 2.27. The molecule has 0 unspecified atom stereocenters. The van der Waals surface area contributed by atoms with E-state index in [1.807, 2.05) is 0 Å². The largest absolute Gasteiger partial charge is 0.494 e. The highest BCUT2D eigenvalue weighted by atomic mass is 79.9. The molecule has 0 saturated carbocycles. The third-order valence-electron chi connectivity index (χ3n) is 2.93. The van der Waals surface area contributed by atoms with Crippen molar-refractivity contribution in [2.24, 2.45) is 0 Å². The maximum absolute atomic E-state index is 12.3. The van der Waals surface area contributed by atoms with Crippen molar-refractivity contribution >= 4 is 54.8 Å². The van der Waals surface area contributed by atoms with Gasteiger partial charge in [-0.1, -0.05) is 27.5 Å². The molecule has 0 aliphatic rings. The first-order chi connectivity index (χ1) is 11.2. The summed E-state index contributed by atoms with van der Waals surface area (Å²) in [5, 5.41) is 3.01. The predicted octanol–water partition coefficient (Wildman–Crippen LogP) is 3.73. The van der Waals surface area contributed by atoms with Gasteiger partial charge in [0.1, 0.15) is 5.75 Å². The van der Waals surface area contributed by atoms with E-state index in [-0.39, 0.29) is 11.4 Å². The van der Waals surface area contributed by atoms with Crippen molar-refractivity contribution in [2.45, 2.75) is 0 Å². The zero-order valence-electron chi connectivity index (χ0n) is 12.8. The zero-order chi connectivity index (χ0) is 17.9. The van der Waals surface area contributed by atoms with E-state index < -0.39 is 15.9 Å². The van der Waals surface area contributed by atoms with Crippen molar-refractivity contribution in [1.29, 1.82) is 0 Å². The third kappa shape index (κ3) is 4.86. The smallest absolute Gasteiger partial charge is 0.257 e. The first kappa shape index (κ1) is 18.6. The molecule has 2 N–H and O–H groups in total. The number of rotatable bonds is 5. The number of hydrogen-bond acceptors (Lipinski definition) is 4. The fraction of sp³-hybridized carbons (Fsp3) is 0.133. The SMILES string of the molecule is COc1cc(NC(=O)c2cc(Br)ccc2Cl)ccc1NS(C)(=O)=O. The predicted molar refractivity (Wildman–Crippen MR) is 98.6 cm³/mol. The molecule has 0 fully saturated rings. The quantitative estimate of drug-likeness (QED) is 0.752. The topological polar surface area (TPSA) is 84.5 Å². The summed E-state index contributed by atoms with van der Waals surface area (Å²) < 4.78 is 30.9. The molecule has 2 rings (SSSR count). The fourth-order valence-electron chi connectivity index (χ4n) is 1.92. The van der Waals surface area contributed by atoms with Crippen molar-refractivity contribution in [3.8, 4) is 5.75 Å². The summed E-state index contributed by atoms with van der Waals surface area (Å²) in [6.07, 6.45) is 1.04. The maximum Gasteiger partial charge on any atom is 0.257 e. The second kappa shape index (κ2) is 7.42. The van der Waals surface area contributed by atoms with Crippen LogP contribution in [0.25, 0.3) is 0 Å². The van der Waals surface area contributed by atoms with Gasteiger partial charge < -0.3 is 10.1 Å². The second-order valence-corrected chi connectivity index (χ2v) is 7.94. The molecule has 24 heavy (non-hydrogen) atoms. The number of amides is 1. The summed E-state index contributed by atoms with van der Waals surface area (Å²) in [5.74, 6) is -0.120. The van der Waals surface area contributed by atoms with Crippen LogP contribution in [0.1, 0.15) is 10.4 Å². The molecule has 6 nitrogen and oxygen atoms in total. The highest BCUT2D eigenvalue weighted by Gasteiger charge is 2.14. The van der Waals surface area contributed by atoms with Crippen LogP contribution >= 0.6 is 27.5 Å². The molecule has 0 bridgehead atoms. The minimum atomic E-state index is -3.44. The number of anilines is 2. The fourth-order valence-corrected chi connectivity index (χ4v) is 3.06. The first-order valence-corrected chi connectivity index (χ1v) is 9.68. The van der Waals surface area contributed by atoms with E-state index in [2.05, 4.69) is 26.0 Å². The lowest BCUT2D eigenvalue weighted by atomic mass is 10.2. The molecule has 0 saturated heterocycles. The molecule has 0 atom stereocenters. The summed E-state index contributed by atoms with van der Waals surface area (Å²) in [6.45, 7) is 0. The Morgan fingerprint density at radius 3 is 2.54 bits per heavy atom. The summed E-state index contributed by atoms with van der Waals surface area (Å²) in [4.78, 5) is 12.3. The number of halogens is 2. The minimum absolute atomic E-state index is 0.276. The Bertz CT molecular complexity index is 887. The van der Waals surface area contributed by atoms with Gasteiger partial charge in [0.25, 0.3) is 5.91 Å². The van der Waals surface area contributed by atoms with Gasteiger partial charge in [0.2, 0.25) is 10.0 Å². The third-order valence-corrected chi connectivity index (χ3v) is 4.34. The lowest BCUT2D eigenvalue weighted by Gasteiger charge is -2.12. The summed E-state index contributed by atoms with van der Waals surface area (Å²) in [5.41, 5.74) is 1.02. The number of carbonyl (C=O) groups is 1. The van der Waals surface area contributed by atoms with Gasteiger partial charge in [-0.2, -0.15) is 0 Å². The number of hydrogen-bond donors (Lipinski definition) is 2. The summed E-state index contributed by atoms with van der Waals surface area (Å²) >= 11 is 9.32. The lowest BCUT2D eigenvalue weighted by Crippen LogP contribution is -2.13. The van der Waals surface area contributed by atoms with Gasteiger partial charge in [0.05, 0.1) is 29.6 Å². The van der Waals surface area contributed by atoms with Crippen LogP contribution < -0.4 is 14.8 Å². The Labute approximate surface area is 153 Å². The van der Waals surface area contributed by atoms with E-state index >= 15 is 0 Å². The number of sulfonamides is 1. The van der Waals surface area contributed by atoms with Crippen molar-refractivity contribution in [3.63, 3.8) is 0 Å². The molecule has 2 aromatic carbocycles. The molecule has 9 heteroatoms. The standard InChI is InChI=1S/C15H14BrClN2O4S/c1-23-14-8-10(4-6-13(14)19-24(2,21)22)18-15(20)11-7-9(16)3-5-12(11)17/h3-8,19H,1-2H3,(H,18,20). The molecule has 0 radical (unpaired) electrons. The first-order valence-electron chi connectivity index (χ1n) is 6.62. The highest BCUT2D eigenvalue weighted by molar-refractivity contribution is 9.10. The van der Waals surface area contributed by atoms with E-state index in [0.29, 0.717) is 16.3 Å². The monoisotopic (exact) mass is 432 g/mol. The van der Waals surface area contributed by atoms with Crippen LogP contribution in [0.4, 0.5) is 11.4 Å². The molecule has 0 heterocycles. The van der Waals surface area contributed by atoms with Gasteiger partial charge in [-0.3, -0.25) is 9.52 Å². The van der Waals surface area contributed by atoms with Gasteiger partial charge in [0.15, 0.2) is 0 Å². The van der Waals surface area contributed by atoms with Crippen molar-refractivity contribution in [2.75, 3.05) is 23.4 Å². The normalized spacial score (nSPS) is 11.0.